The zero-order valence-electron chi connectivity index (χ0n) is 17.0. The van der Waals surface area contributed by atoms with Gasteiger partial charge in [0.25, 0.3) is 5.91 Å². The molecule has 152 valence electrons. The van der Waals surface area contributed by atoms with Crippen molar-refractivity contribution >= 4 is 34.6 Å². The molecule has 1 aliphatic rings. The van der Waals surface area contributed by atoms with Crippen molar-refractivity contribution in [3.63, 3.8) is 0 Å². The third kappa shape index (κ3) is 5.95. The Morgan fingerprint density at radius 3 is 2.48 bits per heavy atom. The van der Waals surface area contributed by atoms with Gasteiger partial charge in [-0.15, -0.1) is 0 Å². The maximum atomic E-state index is 12.9. The van der Waals surface area contributed by atoms with E-state index in [0.29, 0.717) is 35.7 Å². The Hall–Kier alpha value is -2.57. The van der Waals surface area contributed by atoms with Gasteiger partial charge in [-0.1, -0.05) is 44.2 Å². The summed E-state index contributed by atoms with van der Waals surface area (Å²) in [6.07, 6.45) is 1.90. The highest BCUT2D eigenvalue weighted by Gasteiger charge is 2.33. The van der Waals surface area contributed by atoms with Gasteiger partial charge in [0.2, 0.25) is 0 Å². The Kier molecular flexibility index (Phi) is 7.49. The summed E-state index contributed by atoms with van der Waals surface area (Å²) in [5.41, 5.74) is 1.77. The minimum absolute atomic E-state index is 0.0538. The molecule has 2 aromatic carbocycles. The Labute approximate surface area is 176 Å². The molecule has 3 rings (SSSR count). The van der Waals surface area contributed by atoms with Gasteiger partial charge in [0.1, 0.15) is 5.75 Å². The molecule has 1 saturated heterocycles. The minimum atomic E-state index is -0.0538. The second-order valence-corrected chi connectivity index (χ2v) is 8.07. The first-order chi connectivity index (χ1) is 14.1. The molecule has 0 radical (unpaired) electrons. The topological polar surface area (TPSA) is 51.1 Å². The van der Waals surface area contributed by atoms with Crippen LogP contribution in [0.3, 0.4) is 0 Å². The highest BCUT2D eigenvalue weighted by molar-refractivity contribution is 8.18. The van der Waals surface area contributed by atoms with Crippen molar-refractivity contribution < 1.29 is 14.3 Å². The summed E-state index contributed by atoms with van der Waals surface area (Å²) in [6.45, 7) is 5.84. The zero-order chi connectivity index (χ0) is 20.6. The van der Waals surface area contributed by atoms with Crippen molar-refractivity contribution in [1.29, 1.82) is 0 Å². The van der Waals surface area contributed by atoms with Crippen LogP contribution in [0.4, 0.5) is 5.69 Å². The number of benzene rings is 2. The molecule has 5 nitrogen and oxygen atoms in total. The lowest BCUT2D eigenvalue weighted by Crippen LogP contribution is -2.32. The summed E-state index contributed by atoms with van der Waals surface area (Å²) < 4.78 is 10.9. The second-order valence-electron chi connectivity index (χ2n) is 7.06. The van der Waals surface area contributed by atoms with E-state index in [1.54, 1.807) is 12.0 Å². The molecule has 2 aromatic rings. The van der Waals surface area contributed by atoms with Crippen molar-refractivity contribution in [2.24, 2.45) is 10.9 Å². The number of aliphatic imine (C=N–C) groups is 1. The SMILES string of the molecule is COCCN1C(=O)/C(=C/c2ccc(OCC(C)C)cc2)SC1=Nc1ccccc1. The number of hydrogen-bond acceptors (Lipinski definition) is 5. The number of para-hydroxylation sites is 1. The van der Waals surface area contributed by atoms with E-state index < -0.39 is 0 Å². The lowest BCUT2D eigenvalue weighted by atomic mass is 10.2. The fourth-order valence-corrected chi connectivity index (χ4v) is 3.68. The fourth-order valence-electron chi connectivity index (χ4n) is 2.66. The first-order valence-corrected chi connectivity index (χ1v) is 10.5. The molecule has 29 heavy (non-hydrogen) atoms. The summed E-state index contributed by atoms with van der Waals surface area (Å²) in [4.78, 5) is 19.9. The Morgan fingerprint density at radius 1 is 1.10 bits per heavy atom. The normalized spacial score (nSPS) is 17.0. The van der Waals surface area contributed by atoms with E-state index in [1.807, 2.05) is 60.7 Å². The largest absolute Gasteiger partial charge is 0.493 e. The molecule has 0 aliphatic carbocycles. The standard InChI is InChI=1S/C23H26N2O3S/c1-17(2)16-28-20-11-9-18(10-12-20)15-21-22(26)25(13-14-27-3)23(29-21)24-19-7-5-4-6-8-19/h4-12,15,17H,13-14,16H2,1-3H3/b21-15-,24-23?. The van der Waals surface area contributed by atoms with Crippen LogP contribution in [0.1, 0.15) is 19.4 Å². The lowest BCUT2D eigenvalue weighted by Gasteiger charge is -2.14. The van der Waals surface area contributed by atoms with Crippen molar-refractivity contribution in [3.05, 3.63) is 65.1 Å². The third-order valence-electron chi connectivity index (χ3n) is 4.15. The molecular formula is C23H26N2O3S. The summed E-state index contributed by atoms with van der Waals surface area (Å²) in [7, 11) is 1.63. The van der Waals surface area contributed by atoms with Crippen LogP contribution in [0.15, 0.2) is 64.5 Å². The molecule has 6 heteroatoms. The molecule has 1 fully saturated rings. The van der Waals surface area contributed by atoms with Gasteiger partial charge in [-0.25, -0.2) is 4.99 Å². The number of amides is 1. The van der Waals surface area contributed by atoms with Crippen molar-refractivity contribution in [2.45, 2.75) is 13.8 Å². The summed E-state index contributed by atoms with van der Waals surface area (Å²) in [5.74, 6) is 1.26. The second kappa shape index (κ2) is 10.3. The number of hydrogen-bond donors (Lipinski definition) is 0. The highest BCUT2D eigenvalue weighted by atomic mass is 32.2. The van der Waals surface area contributed by atoms with Crippen LogP contribution in [0.5, 0.6) is 5.75 Å². The quantitative estimate of drug-likeness (QED) is 0.577. The van der Waals surface area contributed by atoms with Crippen LogP contribution in [0.25, 0.3) is 6.08 Å². The van der Waals surface area contributed by atoms with E-state index in [4.69, 9.17) is 9.47 Å². The Balaban J connectivity index is 1.80. The maximum absolute atomic E-state index is 12.9. The number of ether oxygens (including phenoxy) is 2. The van der Waals surface area contributed by atoms with Gasteiger partial charge >= 0.3 is 0 Å². The summed E-state index contributed by atoms with van der Waals surface area (Å²) in [5, 5.41) is 0.668. The van der Waals surface area contributed by atoms with Gasteiger partial charge in [-0.05, 0) is 53.6 Å². The molecule has 0 bridgehead atoms. The molecule has 1 aliphatic heterocycles. The minimum Gasteiger partial charge on any atom is -0.493 e. The van der Waals surface area contributed by atoms with E-state index in [1.165, 1.54) is 11.8 Å². The van der Waals surface area contributed by atoms with Gasteiger partial charge in [-0.2, -0.15) is 0 Å². The molecular weight excluding hydrogens is 384 g/mol. The molecule has 0 unspecified atom stereocenters. The number of carbonyl (C=O) groups is 1. The molecule has 0 atom stereocenters. The van der Waals surface area contributed by atoms with E-state index in [2.05, 4.69) is 18.8 Å². The van der Waals surface area contributed by atoms with Crippen molar-refractivity contribution in [1.82, 2.24) is 4.90 Å². The zero-order valence-corrected chi connectivity index (χ0v) is 17.8. The predicted molar refractivity (Wildman–Crippen MR) is 119 cm³/mol. The summed E-state index contributed by atoms with van der Waals surface area (Å²) in [6, 6.07) is 17.4. The van der Waals surface area contributed by atoms with Crippen molar-refractivity contribution in [3.8, 4) is 5.75 Å². The monoisotopic (exact) mass is 410 g/mol. The van der Waals surface area contributed by atoms with E-state index in [9.17, 15) is 4.79 Å². The van der Waals surface area contributed by atoms with Crippen LogP contribution >= 0.6 is 11.8 Å². The third-order valence-corrected chi connectivity index (χ3v) is 5.16. The number of carbonyl (C=O) groups excluding carboxylic acids is 1. The predicted octanol–water partition coefficient (Wildman–Crippen LogP) is 4.97. The lowest BCUT2D eigenvalue weighted by molar-refractivity contribution is -0.122. The van der Waals surface area contributed by atoms with Gasteiger partial charge < -0.3 is 9.47 Å². The van der Waals surface area contributed by atoms with E-state index >= 15 is 0 Å². The average Bonchev–Trinajstić information content (AvgIpc) is 3.01. The Bertz CT molecular complexity index is 877. The molecule has 1 amide bonds. The van der Waals surface area contributed by atoms with E-state index in [0.717, 1.165) is 17.0 Å². The molecule has 0 saturated carbocycles. The van der Waals surface area contributed by atoms with Crippen LogP contribution in [-0.4, -0.2) is 42.8 Å². The number of nitrogens with zero attached hydrogens (tertiary/aromatic N) is 2. The summed E-state index contributed by atoms with van der Waals surface area (Å²) >= 11 is 1.39. The maximum Gasteiger partial charge on any atom is 0.266 e. The Morgan fingerprint density at radius 2 is 1.83 bits per heavy atom. The molecule has 1 heterocycles. The highest BCUT2D eigenvalue weighted by Crippen LogP contribution is 2.34. The number of rotatable bonds is 8. The molecule has 0 spiro atoms. The van der Waals surface area contributed by atoms with Crippen LogP contribution in [0.2, 0.25) is 0 Å². The van der Waals surface area contributed by atoms with Crippen LogP contribution in [-0.2, 0) is 9.53 Å². The smallest absolute Gasteiger partial charge is 0.266 e. The van der Waals surface area contributed by atoms with Gasteiger partial charge in [-0.3, -0.25) is 9.69 Å². The van der Waals surface area contributed by atoms with Crippen LogP contribution < -0.4 is 4.74 Å². The van der Waals surface area contributed by atoms with Crippen molar-refractivity contribution in [2.75, 3.05) is 26.9 Å². The number of methoxy groups -OCH3 is 1. The molecule has 0 N–H and O–H groups in total. The first kappa shape index (κ1) is 21.1. The van der Waals surface area contributed by atoms with Crippen LogP contribution in [0, 0.1) is 5.92 Å². The van der Waals surface area contributed by atoms with Gasteiger partial charge in [0, 0.05) is 7.11 Å². The molecule has 0 aromatic heterocycles. The number of amidine groups is 1. The average molecular weight is 411 g/mol. The number of thioether (sulfide) groups is 1. The van der Waals surface area contributed by atoms with Gasteiger partial charge in [0.15, 0.2) is 5.17 Å². The fraction of sp³-hybridized carbons (Fsp3) is 0.304. The first-order valence-electron chi connectivity index (χ1n) is 9.64. The van der Waals surface area contributed by atoms with Gasteiger partial charge in [0.05, 0.1) is 30.4 Å². The van der Waals surface area contributed by atoms with E-state index in [-0.39, 0.29) is 5.91 Å².